The Morgan fingerprint density at radius 3 is 1.16 bits per heavy atom. The SMILES string of the molecule is CCNCc1cc2c3c(ccc2n1C)-c1[nH]c(=O)c(C(=O)O)c(O)c1CCC3.CCNCc1cc2cc3c(cc2n1C)CCCCc1c-3[nH]c(=O)c(C(=O)O)c1O.CNCc1cc2c3c(ccc2n1C)-c1[nH]c(=O)c(C(=O)O)c(O)c1CCC3.CNCc1cc2cc3c(cc2n1C)C(C)CCc1c-3[nH]c(=O)c(C(=O)O)c1O. The number of nitrogens with zero attached hydrogens (tertiary/aromatic N) is 4. The third-order valence-electron chi connectivity index (χ3n) is 22.7. The van der Waals surface area contributed by atoms with Gasteiger partial charge in [0.05, 0.1) is 22.8 Å². The van der Waals surface area contributed by atoms with E-state index in [1.54, 1.807) is 0 Å². The molecule has 0 fully saturated rings. The van der Waals surface area contributed by atoms with Crippen LogP contribution in [-0.2, 0) is 99.3 Å². The Labute approximate surface area is 641 Å². The van der Waals surface area contributed by atoms with Crippen molar-refractivity contribution in [3.63, 3.8) is 0 Å². The molecular weight excluding hydrogens is 1430 g/mol. The highest BCUT2D eigenvalue weighted by molar-refractivity contribution is 5.99. The van der Waals surface area contributed by atoms with Crippen molar-refractivity contribution in [1.82, 2.24) is 59.5 Å². The van der Waals surface area contributed by atoms with Gasteiger partial charge in [0.15, 0.2) is 22.3 Å². The average Bonchev–Trinajstić information content (AvgIpc) is 1.44. The second-order valence-electron chi connectivity index (χ2n) is 29.2. The number of nitrogens with one attached hydrogen (secondary N) is 8. The third-order valence-corrected chi connectivity index (χ3v) is 22.7. The smallest absolute Gasteiger partial charge is 0.345 e. The zero-order valence-electron chi connectivity index (χ0n) is 63.9. The summed E-state index contributed by atoms with van der Waals surface area (Å²) in [5.74, 6) is -7.15. The number of rotatable bonds is 14. The van der Waals surface area contributed by atoms with Gasteiger partial charge >= 0.3 is 23.9 Å². The number of hydrogen-bond acceptors (Lipinski definition) is 16. The van der Waals surface area contributed by atoms with Crippen LogP contribution in [0.15, 0.2) is 92.0 Å². The highest BCUT2D eigenvalue weighted by Gasteiger charge is 2.33. The maximum absolute atomic E-state index is 12.4. The molecule has 1 unspecified atom stereocenters. The lowest BCUT2D eigenvalue weighted by Crippen LogP contribution is -2.21. The molecule has 0 amide bonds. The summed E-state index contributed by atoms with van der Waals surface area (Å²) in [7, 11) is 12.0. The monoisotopic (exact) mass is 1520 g/mol. The van der Waals surface area contributed by atoms with E-state index in [0.717, 1.165) is 196 Å². The molecule has 4 aliphatic carbocycles. The Balaban J connectivity index is 0.000000131. The molecule has 28 heteroatoms. The zero-order chi connectivity index (χ0) is 80.2. The average molecular weight is 1530 g/mol. The number of carboxylic acid groups (broad SMARTS) is 4. The number of hydrogen-bond donors (Lipinski definition) is 16. The molecule has 584 valence electrons. The maximum Gasteiger partial charge on any atom is 0.345 e. The molecule has 0 aliphatic heterocycles. The Morgan fingerprint density at radius 2 is 0.741 bits per heavy atom. The molecular formula is C84H92N12O16. The summed E-state index contributed by atoms with van der Waals surface area (Å²) in [6.45, 7) is 11.0. The molecule has 8 heterocycles. The summed E-state index contributed by atoms with van der Waals surface area (Å²) in [6, 6.07) is 24.8. The van der Waals surface area contributed by atoms with Gasteiger partial charge in [0.1, 0.15) is 23.0 Å². The maximum atomic E-state index is 12.4. The van der Waals surface area contributed by atoms with E-state index in [-0.39, 0.29) is 5.92 Å². The Hall–Kier alpha value is -12.2. The summed E-state index contributed by atoms with van der Waals surface area (Å²) in [6.07, 6.45) is 8.46. The predicted molar refractivity (Wildman–Crippen MR) is 428 cm³/mol. The lowest BCUT2D eigenvalue weighted by atomic mass is 9.89. The summed E-state index contributed by atoms with van der Waals surface area (Å²) in [4.78, 5) is 106. The van der Waals surface area contributed by atoms with Crippen LogP contribution < -0.4 is 43.5 Å². The standard InChI is InChI=1S/C22H25N3O4.2C21H23N3O4.C20H21N3O4/c1-3-23-11-14-8-13-9-16-12(10-17(13)25(14)2)6-4-5-7-15-19(16)24-21(27)18(20(15)26)22(28)29;1-10-4-5-13-18(23-20(26)17(19(13)25)21(27)28)15-7-11-6-12(9-22-2)24(3)16(11)8-14(10)15;1-3-22-10-11-9-15-12-5-4-6-14-18(13(12)7-8-16(15)24(11)2)23-20(26)17(19(14)25)21(27)28;1-21-9-10-8-14-11-4-3-5-13-17(12(11)6-7-15(14)23(10)2)22-19(25)16(18(13)24)20(26)27/h8-10,23H,3-7,11H2,1-2H3,(H,28,29)(H2,24,26,27);6-8,10,22H,4-5,9H2,1-3H3,(H,27,28)(H2,23,25,26);7-9,22H,3-6,10H2,1-2H3,(H,27,28)(H2,23,25,26);6-8,21H,3-5,9H2,1-2H3,(H,26,27)(H2,22,24,25). The van der Waals surface area contributed by atoms with Gasteiger partial charge in [-0.3, -0.25) is 19.2 Å². The van der Waals surface area contributed by atoms with Gasteiger partial charge in [-0.05, 0) is 193 Å². The first-order valence-corrected chi connectivity index (χ1v) is 37.6. The van der Waals surface area contributed by atoms with Crippen LogP contribution in [0.2, 0.25) is 0 Å². The molecule has 28 nitrogen and oxygen atoms in total. The number of benzene rings is 4. The van der Waals surface area contributed by atoms with E-state index in [4.69, 9.17) is 0 Å². The fraction of sp³-hybridized carbons (Fsp3) is 0.333. The Morgan fingerprint density at radius 1 is 0.402 bits per heavy atom. The Kier molecular flexibility index (Phi) is 22.0. The minimum absolute atomic E-state index is 0.200. The van der Waals surface area contributed by atoms with Crippen molar-refractivity contribution in [1.29, 1.82) is 0 Å². The van der Waals surface area contributed by atoms with E-state index >= 15 is 0 Å². The molecule has 12 aromatic rings. The van der Waals surface area contributed by atoms with Crippen molar-refractivity contribution in [2.75, 3.05) is 27.2 Å². The highest BCUT2D eigenvalue weighted by Crippen LogP contribution is 2.45. The molecule has 0 saturated heterocycles. The first-order valence-electron chi connectivity index (χ1n) is 37.6. The highest BCUT2D eigenvalue weighted by atomic mass is 16.4. The van der Waals surface area contributed by atoms with E-state index < -0.39 is 91.4 Å². The molecule has 0 saturated carbocycles. The zero-order valence-corrected chi connectivity index (χ0v) is 63.9. The van der Waals surface area contributed by atoms with Crippen LogP contribution >= 0.6 is 0 Å². The van der Waals surface area contributed by atoms with Crippen LogP contribution in [0.5, 0.6) is 23.0 Å². The number of carboxylic acids is 4. The molecule has 16 rings (SSSR count). The van der Waals surface area contributed by atoms with E-state index in [1.807, 2.05) is 78.7 Å². The van der Waals surface area contributed by atoms with E-state index in [9.17, 15) is 79.2 Å². The minimum Gasteiger partial charge on any atom is -0.506 e. The second kappa shape index (κ2) is 31.6. The number of aromatic hydroxyl groups is 4. The molecule has 1 atom stereocenters. The first kappa shape index (κ1) is 77.9. The quantitative estimate of drug-likeness (QED) is 0.0481. The predicted octanol–water partition coefficient (Wildman–Crippen LogP) is 10.3. The summed E-state index contributed by atoms with van der Waals surface area (Å²) in [5.41, 5.74) is 15.5. The molecule has 0 bridgehead atoms. The number of pyridine rings is 4. The molecule has 4 aromatic carbocycles. The molecule has 4 aliphatic rings. The number of carbonyl (C=O) groups is 4. The van der Waals surface area contributed by atoms with Gasteiger partial charge in [-0.2, -0.15) is 0 Å². The van der Waals surface area contributed by atoms with Gasteiger partial charge in [0, 0.05) is 165 Å². The summed E-state index contributed by atoms with van der Waals surface area (Å²) < 4.78 is 8.63. The van der Waals surface area contributed by atoms with Crippen molar-refractivity contribution in [3.05, 3.63) is 204 Å². The minimum atomic E-state index is -1.42. The van der Waals surface area contributed by atoms with Gasteiger partial charge in [0.2, 0.25) is 0 Å². The summed E-state index contributed by atoms with van der Waals surface area (Å²) >= 11 is 0. The largest absolute Gasteiger partial charge is 0.506 e. The lowest BCUT2D eigenvalue weighted by molar-refractivity contribution is 0.0680. The van der Waals surface area contributed by atoms with Crippen molar-refractivity contribution < 1.29 is 60.0 Å². The number of aromatic nitrogens is 8. The third kappa shape index (κ3) is 14.0. The van der Waals surface area contributed by atoms with Crippen LogP contribution in [0.3, 0.4) is 0 Å². The van der Waals surface area contributed by atoms with Gasteiger partial charge in [0.25, 0.3) is 22.2 Å². The lowest BCUT2D eigenvalue weighted by Gasteiger charge is -2.19. The number of aromatic amines is 4. The van der Waals surface area contributed by atoms with Crippen molar-refractivity contribution >= 4 is 67.5 Å². The van der Waals surface area contributed by atoms with Crippen LogP contribution in [0.1, 0.15) is 168 Å². The molecule has 0 radical (unpaired) electrons. The molecule has 112 heavy (non-hydrogen) atoms. The van der Waals surface area contributed by atoms with Gasteiger partial charge in [-0.15, -0.1) is 0 Å². The van der Waals surface area contributed by atoms with Gasteiger partial charge in [-0.1, -0.05) is 32.9 Å². The van der Waals surface area contributed by atoms with Crippen LogP contribution in [-0.4, -0.2) is 130 Å². The number of aryl methyl sites for hydroxylation is 7. The van der Waals surface area contributed by atoms with E-state index in [0.29, 0.717) is 70.7 Å². The normalized spacial score (nSPS) is 14.0. The van der Waals surface area contributed by atoms with Gasteiger partial charge < -0.3 is 100 Å². The number of fused-ring (bicyclic) bond motifs is 18. The van der Waals surface area contributed by atoms with Gasteiger partial charge in [-0.25, -0.2) is 19.2 Å². The fourth-order valence-electron chi connectivity index (χ4n) is 16.8. The molecule has 16 N–H and O–H groups in total. The van der Waals surface area contributed by atoms with Crippen molar-refractivity contribution in [2.45, 2.75) is 130 Å². The summed E-state index contributed by atoms with van der Waals surface area (Å²) in [5, 5.41) is 96.6. The van der Waals surface area contributed by atoms with Crippen molar-refractivity contribution in [2.24, 2.45) is 28.2 Å². The van der Waals surface area contributed by atoms with Crippen LogP contribution in [0.4, 0.5) is 0 Å². The number of H-pyrrole nitrogens is 4. The Bertz CT molecular complexity index is 6120. The molecule has 0 spiro atoms. The fourth-order valence-corrected chi connectivity index (χ4v) is 16.8. The molecule has 8 aromatic heterocycles. The van der Waals surface area contributed by atoms with E-state index in [1.165, 1.54) is 5.69 Å². The topological polar surface area (TPSA) is 429 Å². The van der Waals surface area contributed by atoms with E-state index in [2.05, 4.69) is 117 Å². The van der Waals surface area contributed by atoms with Crippen LogP contribution in [0, 0.1) is 0 Å². The second-order valence-corrected chi connectivity index (χ2v) is 29.2. The van der Waals surface area contributed by atoms with Crippen molar-refractivity contribution in [3.8, 4) is 68.0 Å². The number of aromatic carboxylic acids is 4. The first-order chi connectivity index (χ1) is 53.6. The van der Waals surface area contributed by atoms with Crippen LogP contribution in [0.25, 0.3) is 88.6 Å².